The first kappa shape index (κ1) is 30.6. The second-order valence-corrected chi connectivity index (χ2v) is 11.8. The summed E-state index contributed by atoms with van der Waals surface area (Å²) in [6, 6.07) is 12.9. The number of aliphatic hydroxyl groups is 1. The van der Waals surface area contributed by atoms with Gasteiger partial charge in [-0.2, -0.15) is 0 Å². The summed E-state index contributed by atoms with van der Waals surface area (Å²) in [5.41, 5.74) is 0.673. The molecule has 43 heavy (non-hydrogen) atoms. The van der Waals surface area contributed by atoms with Crippen LogP contribution in [0.25, 0.3) is 0 Å². The second-order valence-electron chi connectivity index (χ2n) is 11.4. The van der Waals surface area contributed by atoms with Crippen molar-refractivity contribution in [3.8, 4) is 23.0 Å². The predicted octanol–water partition coefficient (Wildman–Crippen LogP) is 6.64. The zero-order valence-corrected chi connectivity index (χ0v) is 24.8. The van der Waals surface area contributed by atoms with Gasteiger partial charge in [0.15, 0.2) is 0 Å². The summed E-state index contributed by atoms with van der Waals surface area (Å²) in [5.74, 6) is 0.334. The minimum absolute atomic E-state index is 0.00193. The van der Waals surface area contributed by atoms with E-state index in [0.717, 1.165) is 18.4 Å². The number of nitrogens with one attached hydrogen (secondary N) is 1. The molecule has 5 rings (SSSR count). The van der Waals surface area contributed by atoms with E-state index < -0.39 is 29.7 Å². The minimum atomic E-state index is -4.88. The number of hydrogen-bond acceptors (Lipinski definition) is 7. The number of amides is 1. The smallest absolute Gasteiger partial charge is 0.497 e. The van der Waals surface area contributed by atoms with Crippen LogP contribution in [0.15, 0.2) is 54.6 Å². The van der Waals surface area contributed by atoms with Crippen molar-refractivity contribution < 1.29 is 42.0 Å². The molecule has 2 aliphatic rings. The van der Waals surface area contributed by atoms with E-state index >= 15 is 0 Å². The van der Waals surface area contributed by atoms with E-state index in [-0.39, 0.29) is 12.0 Å². The first-order valence-corrected chi connectivity index (χ1v) is 13.9. The molecule has 1 spiro atoms. The maximum atomic E-state index is 14.5. The number of alkyl halides is 3. The Balaban J connectivity index is 1.55. The third kappa shape index (κ3) is 6.88. The van der Waals surface area contributed by atoms with Crippen molar-refractivity contribution in [3.63, 3.8) is 0 Å². The third-order valence-electron chi connectivity index (χ3n) is 7.42. The quantitative estimate of drug-likeness (QED) is 0.263. The van der Waals surface area contributed by atoms with E-state index in [4.69, 9.17) is 25.8 Å². The molecule has 0 bridgehead atoms. The van der Waals surface area contributed by atoms with E-state index in [1.165, 1.54) is 31.3 Å². The molecular formula is C31H32ClF3N2O6. The summed E-state index contributed by atoms with van der Waals surface area (Å²) >= 11 is 6.23. The number of rotatable bonds is 10. The average molecular weight is 621 g/mol. The van der Waals surface area contributed by atoms with E-state index in [0.29, 0.717) is 45.8 Å². The lowest BCUT2D eigenvalue weighted by atomic mass is 9.99. The zero-order valence-electron chi connectivity index (χ0n) is 24.0. The maximum Gasteiger partial charge on any atom is 0.573 e. The lowest BCUT2D eigenvalue weighted by Crippen LogP contribution is -2.38. The number of methoxy groups -OCH3 is 2. The molecule has 0 saturated heterocycles. The Kier molecular flexibility index (Phi) is 8.08. The molecule has 1 fully saturated rings. The van der Waals surface area contributed by atoms with Gasteiger partial charge < -0.3 is 34.3 Å². The van der Waals surface area contributed by atoms with Crippen LogP contribution in [0.2, 0.25) is 5.02 Å². The van der Waals surface area contributed by atoms with Crippen LogP contribution in [0.1, 0.15) is 43.9 Å². The van der Waals surface area contributed by atoms with Crippen molar-refractivity contribution in [2.75, 3.05) is 37.6 Å². The van der Waals surface area contributed by atoms with Gasteiger partial charge in [0.05, 0.1) is 25.5 Å². The van der Waals surface area contributed by atoms with Crippen LogP contribution in [-0.4, -0.2) is 50.3 Å². The van der Waals surface area contributed by atoms with Crippen molar-refractivity contribution in [2.45, 2.75) is 50.1 Å². The molecule has 1 heterocycles. The Morgan fingerprint density at radius 3 is 2.37 bits per heavy atom. The van der Waals surface area contributed by atoms with Gasteiger partial charge in [-0.15, -0.1) is 13.2 Å². The normalized spacial score (nSPS) is 16.0. The first-order chi connectivity index (χ1) is 20.2. The van der Waals surface area contributed by atoms with E-state index in [1.54, 1.807) is 56.3 Å². The molecule has 1 amide bonds. The fourth-order valence-electron chi connectivity index (χ4n) is 5.26. The molecule has 1 aliphatic carbocycles. The molecule has 230 valence electrons. The van der Waals surface area contributed by atoms with Crippen LogP contribution >= 0.6 is 11.6 Å². The van der Waals surface area contributed by atoms with Gasteiger partial charge in [0.1, 0.15) is 35.6 Å². The molecule has 0 radical (unpaired) electrons. The van der Waals surface area contributed by atoms with E-state index in [1.807, 2.05) is 0 Å². The van der Waals surface area contributed by atoms with Crippen molar-refractivity contribution in [2.24, 2.45) is 0 Å². The van der Waals surface area contributed by atoms with Crippen molar-refractivity contribution in [1.29, 1.82) is 0 Å². The number of hydrogen-bond donors (Lipinski definition) is 2. The number of halogens is 4. The van der Waals surface area contributed by atoms with Crippen molar-refractivity contribution >= 4 is 28.9 Å². The number of nitrogens with zero attached hydrogens (tertiary/aromatic N) is 1. The summed E-state index contributed by atoms with van der Waals surface area (Å²) in [6.07, 6.45) is -3.26. The number of carbonyl (C=O) groups is 1. The predicted molar refractivity (Wildman–Crippen MR) is 156 cm³/mol. The van der Waals surface area contributed by atoms with Crippen LogP contribution in [0, 0.1) is 0 Å². The first-order valence-electron chi connectivity index (χ1n) is 13.6. The molecule has 1 unspecified atom stereocenters. The van der Waals surface area contributed by atoms with Gasteiger partial charge in [0, 0.05) is 52.5 Å². The fourth-order valence-corrected chi connectivity index (χ4v) is 5.43. The van der Waals surface area contributed by atoms with E-state index in [2.05, 4.69) is 10.1 Å². The molecule has 3 aromatic carbocycles. The number of ether oxygens (including phenoxy) is 4. The van der Waals surface area contributed by atoms with Gasteiger partial charge >= 0.3 is 6.36 Å². The molecule has 1 atom stereocenters. The highest BCUT2D eigenvalue weighted by atomic mass is 35.5. The second kappa shape index (κ2) is 11.3. The molecule has 2 N–H and O–H groups in total. The Morgan fingerprint density at radius 2 is 1.74 bits per heavy atom. The minimum Gasteiger partial charge on any atom is -0.497 e. The molecule has 1 aliphatic heterocycles. The monoisotopic (exact) mass is 620 g/mol. The number of anilines is 2. The molecule has 8 nitrogen and oxygen atoms in total. The lowest BCUT2D eigenvalue weighted by molar-refractivity contribution is -0.274. The number of carbonyl (C=O) groups excluding carboxylic acids is 1. The third-order valence-corrected chi connectivity index (χ3v) is 7.65. The van der Waals surface area contributed by atoms with Gasteiger partial charge in [0.2, 0.25) is 0 Å². The molecule has 12 heteroatoms. The molecule has 1 saturated carbocycles. The van der Waals surface area contributed by atoms with Gasteiger partial charge in [-0.25, -0.2) is 0 Å². The molecule has 0 aromatic heterocycles. The van der Waals surface area contributed by atoms with Crippen LogP contribution in [0.5, 0.6) is 23.0 Å². The largest absolute Gasteiger partial charge is 0.573 e. The van der Waals surface area contributed by atoms with Gasteiger partial charge in [-0.05, 0) is 50.5 Å². The van der Waals surface area contributed by atoms with Crippen LogP contribution in [-0.2, 0) is 10.2 Å². The highest BCUT2D eigenvalue weighted by molar-refractivity contribution is 6.30. The Bertz CT molecular complexity index is 1520. The van der Waals surface area contributed by atoms with E-state index in [9.17, 15) is 23.1 Å². The van der Waals surface area contributed by atoms with Crippen LogP contribution in [0.4, 0.5) is 24.5 Å². The number of benzene rings is 3. The average Bonchev–Trinajstić information content (AvgIpc) is 3.65. The van der Waals surface area contributed by atoms with Crippen molar-refractivity contribution in [3.05, 3.63) is 70.7 Å². The zero-order chi connectivity index (χ0) is 31.2. The standard InChI is InChI=1S/C31H32ClF3N2O6/c1-29(2,39)17-42-22-13-19(12-21(14-22)40-3)36-27(23-7-5-18(32)11-26(23)41-4)28(38)37-16-30(9-10-30)24-8-6-20(15-25(24)37)43-31(33,34)35/h5-8,11-15,27,36,39H,9-10,16-17H2,1-4H3. The van der Waals surface area contributed by atoms with Gasteiger partial charge in [0.25, 0.3) is 5.91 Å². The van der Waals surface area contributed by atoms with Gasteiger partial charge in [-0.1, -0.05) is 23.7 Å². The summed E-state index contributed by atoms with van der Waals surface area (Å²) in [6.45, 7) is 3.53. The Hall–Kier alpha value is -3.83. The fraction of sp³-hybridized carbons (Fsp3) is 0.387. The summed E-state index contributed by atoms with van der Waals surface area (Å²) in [4.78, 5) is 16.0. The highest BCUT2D eigenvalue weighted by Gasteiger charge is 2.54. The maximum absolute atomic E-state index is 14.5. The summed E-state index contributed by atoms with van der Waals surface area (Å²) in [7, 11) is 2.94. The van der Waals surface area contributed by atoms with Crippen molar-refractivity contribution in [1.82, 2.24) is 0 Å². The Labute approximate surface area is 252 Å². The summed E-state index contributed by atoms with van der Waals surface area (Å²) in [5, 5.41) is 13.8. The topological polar surface area (TPSA) is 89.5 Å². The number of fused-ring (bicyclic) bond motifs is 2. The molecule has 3 aromatic rings. The van der Waals surface area contributed by atoms with Gasteiger partial charge in [-0.3, -0.25) is 4.79 Å². The SMILES string of the molecule is COc1cc(NC(C(=O)N2CC3(CC3)c3ccc(OC(F)(F)F)cc32)c2ccc(Cl)cc2OC)cc(OCC(C)(C)O)c1. The Morgan fingerprint density at radius 1 is 1.02 bits per heavy atom. The lowest BCUT2D eigenvalue weighted by Gasteiger charge is -2.28. The molecular weight excluding hydrogens is 589 g/mol. The summed E-state index contributed by atoms with van der Waals surface area (Å²) < 4.78 is 60.2. The van der Waals surface area contributed by atoms with Crippen LogP contribution in [0.3, 0.4) is 0 Å². The highest BCUT2D eigenvalue weighted by Crippen LogP contribution is 2.57. The van der Waals surface area contributed by atoms with Crippen LogP contribution < -0.4 is 29.2 Å².